The molecule has 0 amide bonds. The van der Waals surface area contributed by atoms with Crippen LogP contribution in [0.15, 0.2) is 15.8 Å². The Morgan fingerprint density at radius 2 is 2.11 bits per heavy atom. The summed E-state index contributed by atoms with van der Waals surface area (Å²) in [6.45, 7) is 4.58. The molecule has 4 atom stereocenters. The van der Waals surface area contributed by atoms with Gasteiger partial charge < -0.3 is 4.74 Å². The van der Waals surface area contributed by atoms with Gasteiger partial charge in [0.2, 0.25) is 5.82 Å². The SMILES string of the molecule is CC(C)CCCCCOP1(=O)OC[C@H]2O[C@@H](n3cc(F)c(=O)[nH]c3=O)C[C@@H]2O1. The van der Waals surface area contributed by atoms with Crippen LogP contribution in [-0.4, -0.2) is 35.0 Å². The quantitative estimate of drug-likeness (QED) is 0.509. The predicted octanol–water partition coefficient (Wildman–Crippen LogP) is 2.72. The minimum absolute atomic E-state index is 0.0214. The van der Waals surface area contributed by atoms with E-state index in [4.69, 9.17) is 18.3 Å². The van der Waals surface area contributed by atoms with Gasteiger partial charge in [0.1, 0.15) is 18.4 Å². The van der Waals surface area contributed by atoms with E-state index >= 15 is 0 Å². The molecular weight excluding hydrogens is 394 g/mol. The molecule has 0 spiro atoms. The van der Waals surface area contributed by atoms with Gasteiger partial charge in [0.15, 0.2) is 0 Å². The minimum Gasteiger partial charge on any atom is -0.349 e. The van der Waals surface area contributed by atoms with Crippen LogP contribution in [0, 0.1) is 11.7 Å². The van der Waals surface area contributed by atoms with Crippen molar-refractivity contribution in [3.63, 3.8) is 0 Å². The smallest absolute Gasteiger partial charge is 0.349 e. The van der Waals surface area contributed by atoms with Crippen molar-refractivity contribution in [1.29, 1.82) is 0 Å². The number of halogens is 1. The monoisotopic (exact) mass is 420 g/mol. The van der Waals surface area contributed by atoms with Crippen LogP contribution < -0.4 is 11.2 Å². The standard InChI is InChI=1S/C17H26FN2O7P/c1-11(2)6-4-3-5-7-24-28(23)25-10-14-13(27-28)8-15(26-14)20-9-12(18)16(21)19-17(20)22/h9,11,13-15H,3-8,10H2,1-2H3,(H,19,21,22)/t13-,14+,15+,28?/m0/s1. The molecule has 0 saturated carbocycles. The van der Waals surface area contributed by atoms with Crippen LogP contribution in [0.5, 0.6) is 0 Å². The third-order valence-electron chi connectivity index (χ3n) is 4.75. The Kier molecular flexibility index (Phi) is 6.88. The van der Waals surface area contributed by atoms with E-state index in [0.717, 1.165) is 36.4 Å². The molecule has 0 bridgehead atoms. The van der Waals surface area contributed by atoms with Crippen molar-refractivity contribution in [3.05, 3.63) is 32.9 Å². The van der Waals surface area contributed by atoms with E-state index in [0.29, 0.717) is 5.92 Å². The van der Waals surface area contributed by atoms with Crippen LogP contribution in [-0.2, 0) is 22.9 Å². The molecule has 2 aliphatic rings. The van der Waals surface area contributed by atoms with Gasteiger partial charge in [-0.05, 0) is 12.3 Å². The number of rotatable bonds is 8. The lowest BCUT2D eigenvalue weighted by molar-refractivity contribution is -0.0724. The summed E-state index contributed by atoms with van der Waals surface area (Å²) >= 11 is 0. The summed E-state index contributed by atoms with van der Waals surface area (Å²) < 4.78 is 48.8. The molecule has 1 aromatic heterocycles. The van der Waals surface area contributed by atoms with Crippen LogP contribution in [0.4, 0.5) is 4.39 Å². The maximum atomic E-state index is 13.5. The summed E-state index contributed by atoms with van der Waals surface area (Å²) in [6, 6.07) is 0. The van der Waals surface area contributed by atoms with E-state index in [2.05, 4.69) is 13.8 Å². The first-order chi connectivity index (χ1) is 13.3. The highest BCUT2D eigenvalue weighted by Crippen LogP contribution is 2.56. The molecule has 0 aromatic carbocycles. The second-order valence-corrected chi connectivity index (χ2v) is 9.09. The van der Waals surface area contributed by atoms with Gasteiger partial charge in [0.25, 0.3) is 5.56 Å². The van der Waals surface area contributed by atoms with Crippen molar-refractivity contribution in [1.82, 2.24) is 9.55 Å². The van der Waals surface area contributed by atoms with E-state index < -0.39 is 43.3 Å². The number of ether oxygens (including phenoxy) is 1. The zero-order valence-corrected chi connectivity index (χ0v) is 16.9. The summed E-state index contributed by atoms with van der Waals surface area (Å²) in [5.41, 5.74) is -1.89. The highest BCUT2D eigenvalue weighted by atomic mass is 31.2. The van der Waals surface area contributed by atoms with E-state index in [9.17, 15) is 18.5 Å². The number of H-pyrrole nitrogens is 1. The largest absolute Gasteiger partial charge is 0.475 e. The summed E-state index contributed by atoms with van der Waals surface area (Å²) in [5.74, 6) is -0.443. The molecule has 1 aromatic rings. The number of hydrogen-bond acceptors (Lipinski definition) is 7. The first kappa shape index (κ1) is 21.4. The highest BCUT2D eigenvalue weighted by molar-refractivity contribution is 7.48. The fourth-order valence-corrected chi connectivity index (χ4v) is 4.68. The van der Waals surface area contributed by atoms with Crippen molar-refractivity contribution in [2.75, 3.05) is 13.2 Å². The molecule has 0 aliphatic carbocycles. The fourth-order valence-electron chi connectivity index (χ4n) is 3.24. The molecule has 2 aliphatic heterocycles. The molecule has 158 valence electrons. The van der Waals surface area contributed by atoms with Crippen molar-refractivity contribution in [2.45, 2.75) is 64.4 Å². The van der Waals surface area contributed by atoms with Crippen LogP contribution in [0.3, 0.4) is 0 Å². The lowest BCUT2D eigenvalue weighted by Crippen LogP contribution is -2.34. The van der Waals surface area contributed by atoms with Gasteiger partial charge in [0.05, 0.1) is 19.4 Å². The maximum Gasteiger partial charge on any atom is 0.475 e. The molecule has 11 heteroatoms. The van der Waals surface area contributed by atoms with Gasteiger partial charge in [-0.25, -0.2) is 9.36 Å². The van der Waals surface area contributed by atoms with Gasteiger partial charge >= 0.3 is 13.5 Å². The van der Waals surface area contributed by atoms with Gasteiger partial charge in [-0.15, -0.1) is 0 Å². The van der Waals surface area contributed by atoms with Gasteiger partial charge in [-0.1, -0.05) is 33.1 Å². The average Bonchev–Trinajstić information content (AvgIpc) is 3.03. The van der Waals surface area contributed by atoms with Crippen LogP contribution in [0.1, 0.15) is 52.2 Å². The number of hydrogen-bond donors (Lipinski definition) is 1. The predicted molar refractivity (Wildman–Crippen MR) is 97.5 cm³/mol. The van der Waals surface area contributed by atoms with Gasteiger partial charge in [-0.2, -0.15) is 4.39 Å². The molecule has 1 N–H and O–H groups in total. The van der Waals surface area contributed by atoms with E-state index in [1.165, 1.54) is 0 Å². The number of phosphoric ester groups is 1. The number of aromatic amines is 1. The molecule has 28 heavy (non-hydrogen) atoms. The number of fused-ring (bicyclic) bond motifs is 1. The number of phosphoric acid groups is 1. The average molecular weight is 420 g/mol. The fraction of sp³-hybridized carbons (Fsp3) is 0.765. The van der Waals surface area contributed by atoms with Gasteiger partial charge in [-0.3, -0.25) is 27.9 Å². The zero-order valence-electron chi connectivity index (χ0n) is 16.0. The Balaban J connectivity index is 1.53. The molecule has 3 rings (SSSR count). The third kappa shape index (κ3) is 5.18. The summed E-state index contributed by atoms with van der Waals surface area (Å²) in [5, 5.41) is 0. The number of unbranched alkanes of at least 4 members (excludes halogenated alkanes) is 2. The highest BCUT2D eigenvalue weighted by Gasteiger charge is 2.48. The molecule has 3 heterocycles. The first-order valence-electron chi connectivity index (χ1n) is 9.51. The Hall–Kier alpha value is -1.32. The molecule has 9 nitrogen and oxygen atoms in total. The maximum absolute atomic E-state index is 13.5. The normalized spacial score (nSPS) is 29.9. The zero-order chi connectivity index (χ0) is 20.3. The lowest BCUT2D eigenvalue weighted by atomic mass is 10.1. The van der Waals surface area contributed by atoms with Crippen molar-refractivity contribution in [2.24, 2.45) is 5.92 Å². The first-order valence-corrected chi connectivity index (χ1v) is 11.0. The third-order valence-corrected chi connectivity index (χ3v) is 6.24. The molecule has 1 unspecified atom stereocenters. The summed E-state index contributed by atoms with van der Waals surface area (Å²) in [6.07, 6.45) is 2.84. The van der Waals surface area contributed by atoms with Gasteiger partial charge in [0, 0.05) is 6.42 Å². The topological polar surface area (TPSA) is 109 Å². The van der Waals surface area contributed by atoms with Crippen LogP contribution in [0.25, 0.3) is 0 Å². The molecule has 2 saturated heterocycles. The van der Waals surface area contributed by atoms with E-state index in [1.807, 2.05) is 4.98 Å². The number of nitrogens with one attached hydrogen (secondary N) is 1. The molecule has 2 fully saturated rings. The van der Waals surface area contributed by atoms with E-state index in [1.54, 1.807) is 0 Å². The lowest BCUT2D eigenvalue weighted by Gasteiger charge is -2.29. The Morgan fingerprint density at radius 3 is 2.86 bits per heavy atom. The van der Waals surface area contributed by atoms with Crippen molar-refractivity contribution >= 4 is 7.82 Å². The van der Waals surface area contributed by atoms with Crippen molar-refractivity contribution in [3.8, 4) is 0 Å². The van der Waals surface area contributed by atoms with Crippen molar-refractivity contribution < 1.29 is 27.3 Å². The van der Waals surface area contributed by atoms with Crippen LogP contribution >= 0.6 is 7.82 Å². The number of aromatic nitrogens is 2. The number of nitrogens with zero attached hydrogens (tertiary/aromatic N) is 1. The Morgan fingerprint density at radius 1 is 1.32 bits per heavy atom. The summed E-state index contributed by atoms with van der Waals surface area (Å²) in [4.78, 5) is 24.9. The second-order valence-electron chi connectivity index (χ2n) is 7.47. The Bertz CT molecular complexity index is 840. The summed E-state index contributed by atoms with van der Waals surface area (Å²) in [7, 11) is -3.70. The van der Waals surface area contributed by atoms with Crippen LogP contribution in [0.2, 0.25) is 0 Å². The Labute approximate surface area is 161 Å². The molecule has 0 radical (unpaired) electrons. The second kappa shape index (κ2) is 9.00. The van der Waals surface area contributed by atoms with E-state index in [-0.39, 0.29) is 19.6 Å². The minimum atomic E-state index is -3.70. The molecular formula is C17H26FN2O7P.